The van der Waals surface area contributed by atoms with Crippen LogP contribution in [0, 0.1) is 11.7 Å². The molecule has 0 saturated heterocycles. The second-order valence-electron chi connectivity index (χ2n) is 4.68. The van der Waals surface area contributed by atoms with Crippen LogP contribution in [0.1, 0.15) is 19.2 Å². The fourth-order valence-electron chi connectivity index (χ4n) is 2.18. The maximum absolute atomic E-state index is 12.8. The van der Waals surface area contributed by atoms with Crippen LogP contribution in [0.3, 0.4) is 0 Å². The second-order valence-corrected chi connectivity index (χ2v) is 4.68. The first-order valence-corrected chi connectivity index (χ1v) is 5.92. The number of rotatable bonds is 1. The molecule has 0 amide bonds. The largest absolute Gasteiger partial charge is 0.249 e. The molecule has 0 bridgehead atoms. The molecule has 88 valence electrons. The summed E-state index contributed by atoms with van der Waals surface area (Å²) in [5, 5.41) is 4.47. The van der Waals surface area contributed by atoms with Crippen LogP contribution in [0.2, 0.25) is 0 Å². The highest BCUT2D eigenvalue weighted by Crippen LogP contribution is 2.22. The monoisotopic (exact) mass is 231 g/mol. The van der Waals surface area contributed by atoms with Gasteiger partial charge >= 0.3 is 0 Å². The molecule has 1 aromatic carbocycles. The van der Waals surface area contributed by atoms with Crippen LogP contribution in [-0.4, -0.2) is 14.8 Å². The Labute approximate surface area is 99.3 Å². The van der Waals surface area contributed by atoms with Crippen LogP contribution in [0.15, 0.2) is 24.3 Å². The Bertz CT molecular complexity index is 530. The molecule has 1 aliphatic rings. The third-order valence-electron chi connectivity index (χ3n) is 3.22. The van der Waals surface area contributed by atoms with Crippen molar-refractivity contribution in [2.24, 2.45) is 5.92 Å². The minimum absolute atomic E-state index is 0.230. The van der Waals surface area contributed by atoms with Crippen LogP contribution in [0.25, 0.3) is 11.4 Å². The summed E-state index contributed by atoms with van der Waals surface area (Å²) in [4.78, 5) is 4.53. The van der Waals surface area contributed by atoms with Crippen molar-refractivity contribution >= 4 is 0 Å². The van der Waals surface area contributed by atoms with Crippen molar-refractivity contribution in [2.75, 3.05) is 0 Å². The Morgan fingerprint density at radius 1 is 1.29 bits per heavy atom. The van der Waals surface area contributed by atoms with E-state index in [4.69, 9.17) is 0 Å². The maximum atomic E-state index is 12.8. The summed E-state index contributed by atoms with van der Waals surface area (Å²) < 4.78 is 14.8. The smallest absolute Gasteiger partial charge is 0.181 e. The highest BCUT2D eigenvalue weighted by Gasteiger charge is 2.19. The Morgan fingerprint density at radius 3 is 2.82 bits per heavy atom. The molecule has 3 rings (SSSR count). The van der Waals surface area contributed by atoms with Crippen molar-refractivity contribution in [1.29, 1.82) is 0 Å². The quantitative estimate of drug-likeness (QED) is 0.755. The molecule has 17 heavy (non-hydrogen) atoms. The summed E-state index contributed by atoms with van der Waals surface area (Å²) in [5.41, 5.74) is 0.876. The van der Waals surface area contributed by atoms with Gasteiger partial charge in [-0.25, -0.2) is 14.1 Å². The van der Waals surface area contributed by atoms with Crippen molar-refractivity contribution in [2.45, 2.75) is 26.3 Å². The van der Waals surface area contributed by atoms with Gasteiger partial charge < -0.3 is 0 Å². The van der Waals surface area contributed by atoms with Gasteiger partial charge in [0.2, 0.25) is 0 Å². The summed E-state index contributed by atoms with van der Waals surface area (Å²) in [5.74, 6) is 2.19. The van der Waals surface area contributed by atoms with Gasteiger partial charge in [-0.3, -0.25) is 0 Å². The zero-order valence-corrected chi connectivity index (χ0v) is 9.73. The molecule has 1 unspecified atom stereocenters. The van der Waals surface area contributed by atoms with Gasteiger partial charge in [0, 0.05) is 18.5 Å². The average molecular weight is 231 g/mol. The summed E-state index contributed by atoms with van der Waals surface area (Å²) in [6, 6.07) is 6.33. The van der Waals surface area contributed by atoms with E-state index in [9.17, 15) is 4.39 Å². The minimum atomic E-state index is -0.230. The van der Waals surface area contributed by atoms with E-state index in [2.05, 4.69) is 17.0 Å². The van der Waals surface area contributed by atoms with Crippen molar-refractivity contribution in [3.8, 4) is 11.4 Å². The molecule has 2 heterocycles. The van der Waals surface area contributed by atoms with Crippen molar-refractivity contribution in [3.05, 3.63) is 35.9 Å². The SMILES string of the molecule is CC1CCn2nc(-c3ccc(F)cc3)nc2C1. The molecule has 0 fully saturated rings. The number of aromatic nitrogens is 3. The summed E-state index contributed by atoms with van der Waals surface area (Å²) in [7, 11) is 0. The van der Waals surface area contributed by atoms with Crippen molar-refractivity contribution in [1.82, 2.24) is 14.8 Å². The molecule has 4 heteroatoms. The van der Waals surface area contributed by atoms with E-state index < -0.39 is 0 Å². The molecule has 1 aromatic heterocycles. The van der Waals surface area contributed by atoms with Gasteiger partial charge in [0.25, 0.3) is 0 Å². The van der Waals surface area contributed by atoms with Crippen molar-refractivity contribution in [3.63, 3.8) is 0 Å². The molecule has 0 aliphatic carbocycles. The molecule has 1 aliphatic heterocycles. The number of hydrogen-bond acceptors (Lipinski definition) is 2. The number of fused-ring (bicyclic) bond motifs is 1. The molecular weight excluding hydrogens is 217 g/mol. The first-order chi connectivity index (χ1) is 8.22. The number of nitrogens with zero attached hydrogens (tertiary/aromatic N) is 3. The Hall–Kier alpha value is -1.71. The standard InChI is InChI=1S/C13H14FN3/c1-9-6-7-17-12(8-9)15-13(16-17)10-2-4-11(14)5-3-10/h2-5,9H,6-8H2,1H3. The fraction of sp³-hybridized carbons (Fsp3) is 0.385. The highest BCUT2D eigenvalue weighted by molar-refractivity contribution is 5.54. The van der Waals surface area contributed by atoms with Crippen LogP contribution in [0.5, 0.6) is 0 Å². The lowest BCUT2D eigenvalue weighted by Gasteiger charge is -2.17. The number of hydrogen-bond donors (Lipinski definition) is 0. The van der Waals surface area contributed by atoms with E-state index >= 15 is 0 Å². The van der Waals surface area contributed by atoms with Gasteiger partial charge in [-0.05, 0) is 36.6 Å². The highest BCUT2D eigenvalue weighted by atomic mass is 19.1. The topological polar surface area (TPSA) is 30.7 Å². The first-order valence-electron chi connectivity index (χ1n) is 5.92. The van der Waals surface area contributed by atoms with Gasteiger partial charge in [0.05, 0.1) is 0 Å². The Balaban J connectivity index is 1.97. The fourth-order valence-corrected chi connectivity index (χ4v) is 2.18. The van der Waals surface area contributed by atoms with E-state index in [-0.39, 0.29) is 5.82 Å². The molecule has 2 aromatic rings. The maximum Gasteiger partial charge on any atom is 0.181 e. The summed E-state index contributed by atoms with van der Waals surface area (Å²) in [6.07, 6.45) is 2.13. The Kier molecular flexibility index (Phi) is 2.42. The minimum Gasteiger partial charge on any atom is -0.249 e. The van der Waals surface area contributed by atoms with E-state index in [1.807, 2.05) is 4.68 Å². The molecule has 0 radical (unpaired) electrons. The van der Waals surface area contributed by atoms with E-state index in [1.165, 1.54) is 12.1 Å². The van der Waals surface area contributed by atoms with Crippen LogP contribution < -0.4 is 0 Å². The number of halogens is 1. The number of aryl methyl sites for hydroxylation is 1. The van der Waals surface area contributed by atoms with Crippen LogP contribution >= 0.6 is 0 Å². The molecule has 0 spiro atoms. The molecule has 1 atom stereocenters. The van der Waals surface area contributed by atoms with Gasteiger partial charge in [0.15, 0.2) is 5.82 Å². The lowest BCUT2D eigenvalue weighted by atomic mass is 10.0. The Morgan fingerprint density at radius 2 is 2.06 bits per heavy atom. The van der Waals surface area contributed by atoms with Gasteiger partial charge in [0.1, 0.15) is 11.6 Å². The molecule has 3 nitrogen and oxygen atoms in total. The third-order valence-corrected chi connectivity index (χ3v) is 3.22. The summed E-state index contributed by atoms with van der Waals surface area (Å²) in [6.45, 7) is 3.17. The third kappa shape index (κ3) is 1.95. The predicted octanol–water partition coefficient (Wildman–Crippen LogP) is 2.67. The van der Waals surface area contributed by atoms with Gasteiger partial charge in [-0.15, -0.1) is 0 Å². The normalized spacial score (nSPS) is 19.1. The van der Waals surface area contributed by atoms with E-state index in [1.54, 1.807) is 12.1 Å². The number of benzene rings is 1. The van der Waals surface area contributed by atoms with Gasteiger partial charge in [-0.1, -0.05) is 6.92 Å². The van der Waals surface area contributed by atoms with Crippen molar-refractivity contribution < 1.29 is 4.39 Å². The van der Waals surface area contributed by atoms with Gasteiger partial charge in [-0.2, -0.15) is 5.10 Å². The predicted molar refractivity (Wildman–Crippen MR) is 62.9 cm³/mol. The zero-order chi connectivity index (χ0) is 11.8. The lowest BCUT2D eigenvalue weighted by molar-refractivity contribution is 0.386. The molecule has 0 saturated carbocycles. The first kappa shape index (κ1) is 10.4. The van der Waals surface area contributed by atoms with E-state index in [0.717, 1.165) is 30.8 Å². The molecular formula is C13H14FN3. The summed E-state index contributed by atoms with van der Waals surface area (Å²) >= 11 is 0. The molecule has 0 N–H and O–H groups in total. The second kappa shape index (κ2) is 3.95. The van der Waals surface area contributed by atoms with Crippen LogP contribution in [-0.2, 0) is 13.0 Å². The van der Waals surface area contributed by atoms with Crippen LogP contribution in [0.4, 0.5) is 4.39 Å². The zero-order valence-electron chi connectivity index (χ0n) is 9.73. The van der Waals surface area contributed by atoms with E-state index in [0.29, 0.717) is 11.7 Å². The average Bonchev–Trinajstić information content (AvgIpc) is 2.72. The lowest BCUT2D eigenvalue weighted by Crippen LogP contribution is -2.18.